The first-order valence-corrected chi connectivity index (χ1v) is 7.62. The molecular formula is C18H17N3O5. The minimum atomic E-state index is -0.512. The number of hydrogen-bond donors (Lipinski definition) is 1. The largest absolute Gasteiger partial charge is 0.489 e. The highest BCUT2D eigenvalue weighted by Crippen LogP contribution is 2.17. The number of nitrogens with zero attached hydrogens (tertiary/aromatic N) is 2. The van der Waals surface area contributed by atoms with E-state index < -0.39 is 10.8 Å². The Hall–Kier alpha value is -3.68. The quantitative estimate of drug-likeness (QED) is 0.322. The van der Waals surface area contributed by atoms with Gasteiger partial charge in [-0.1, -0.05) is 24.8 Å². The van der Waals surface area contributed by atoms with Crippen molar-refractivity contribution in [1.82, 2.24) is 5.43 Å². The van der Waals surface area contributed by atoms with Crippen molar-refractivity contribution in [1.29, 1.82) is 0 Å². The van der Waals surface area contributed by atoms with Gasteiger partial charge in [0.05, 0.1) is 11.1 Å². The average Bonchev–Trinajstić information content (AvgIpc) is 2.66. The summed E-state index contributed by atoms with van der Waals surface area (Å²) in [7, 11) is 0. The summed E-state index contributed by atoms with van der Waals surface area (Å²) >= 11 is 0. The second kappa shape index (κ2) is 9.58. The summed E-state index contributed by atoms with van der Waals surface area (Å²) in [6.07, 6.45) is 3.09. The zero-order valence-electron chi connectivity index (χ0n) is 13.8. The van der Waals surface area contributed by atoms with Gasteiger partial charge in [0.2, 0.25) is 0 Å². The Morgan fingerprint density at radius 3 is 2.62 bits per heavy atom. The van der Waals surface area contributed by atoms with Gasteiger partial charge in [0.15, 0.2) is 6.61 Å². The van der Waals surface area contributed by atoms with Gasteiger partial charge in [-0.15, -0.1) is 0 Å². The normalized spacial score (nSPS) is 10.3. The Bertz CT molecular complexity index is 803. The molecule has 0 saturated heterocycles. The van der Waals surface area contributed by atoms with Crippen LogP contribution < -0.4 is 14.9 Å². The van der Waals surface area contributed by atoms with Crippen LogP contribution in [0.4, 0.5) is 5.69 Å². The molecule has 0 heterocycles. The molecule has 0 saturated carbocycles. The van der Waals surface area contributed by atoms with Crippen LogP contribution in [0.15, 0.2) is 66.3 Å². The van der Waals surface area contributed by atoms with Gasteiger partial charge in [-0.25, -0.2) is 5.43 Å². The van der Waals surface area contributed by atoms with Crippen LogP contribution in [0.3, 0.4) is 0 Å². The Balaban J connectivity index is 1.84. The molecule has 134 valence electrons. The Morgan fingerprint density at radius 1 is 1.19 bits per heavy atom. The number of carbonyl (C=O) groups excluding carboxylic acids is 1. The lowest BCUT2D eigenvalue weighted by Crippen LogP contribution is -2.24. The smallest absolute Gasteiger partial charge is 0.277 e. The third kappa shape index (κ3) is 5.75. The predicted molar refractivity (Wildman–Crippen MR) is 96.5 cm³/mol. The van der Waals surface area contributed by atoms with E-state index in [1.165, 1.54) is 30.5 Å². The van der Waals surface area contributed by atoms with Crippen molar-refractivity contribution in [3.8, 4) is 11.5 Å². The van der Waals surface area contributed by atoms with E-state index in [-0.39, 0.29) is 12.3 Å². The summed E-state index contributed by atoms with van der Waals surface area (Å²) in [5.41, 5.74) is 2.98. The SMILES string of the molecule is C=CCOc1ccccc1/C=N\NC(=O)COc1ccc([N+](=O)[O-])cc1. The van der Waals surface area contributed by atoms with Crippen LogP contribution in [0.1, 0.15) is 5.56 Å². The van der Waals surface area contributed by atoms with Gasteiger partial charge in [0, 0.05) is 17.7 Å². The van der Waals surface area contributed by atoms with Gasteiger partial charge < -0.3 is 9.47 Å². The lowest BCUT2D eigenvalue weighted by atomic mass is 10.2. The van der Waals surface area contributed by atoms with Crippen molar-refractivity contribution in [3.05, 3.63) is 76.9 Å². The predicted octanol–water partition coefficient (Wildman–Crippen LogP) is 2.69. The number of hydrogen-bond acceptors (Lipinski definition) is 6. The maximum atomic E-state index is 11.7. The first-order valence-electron chi connectivity index (χ1n) is 7.62. The highest BCUT2D eigenvalue weighted by atomic mass is 16.6. The minimum absolute atomic E-state index is 0.0521. The number of para-hydroxylation sites is 1. The van der Waals surface area contributed by atoms with Crippen LogP contribution in [0.25, 0.3) is 0 Å². The molecule has 8 heteroatoms. The standard InChI is InChI=1S/C18H17N3O5/c1-2-11-25-17-6-4-3-5-14(17)12-19-20-18(22)13-26-16-9-7-15(8-10-16)21(23)24/h2-10,12H,1,11,13H2,(H,20,22)/b19-12-. The fourth-order valence-corrected chi connectivity index (χ4v) is 1.89. The van der Waals surface area contributed by atoms with Crippen molar-refractivity contribution in [2.24, 2.45) is 5.10 Å². The topological polar surface area (TPSA) is 103 Å². The third-order valence-corrected chi connectivity index (χ3v) is 3.09. The molecule has 2 aromatic rings. The van der Waals surface area contributed by atoms with Crippen molar-refractivity contribution >= 4 is 17.8 Å². The molecule has 26 heavy (non-hydrogen) atoms. The van der Waals surface area contributed by atoms with Crippen molar-refractivity contribution < 1.29 is 19.2 Å². The molecule has 0 aromatic heterocycles. The van der Waals surface area contributed by atoms with Gasteiger partial charge in [0.25, 0.3) is 11.6 Å². The molecule has 0 radical (unpaired) electrons. The maximum Gasteiger partial charge on any atom is 0.277 e. The van der Waals surface area contributed by atoms with Crippen LogP contribution in [-0.4, -0.2) is 30.3 Å². The van der Waals surface area contributed by atoms with Crippen molar-refractivity contribution in [2.75, 3.05) is 13.2 Å². The number of nitrogens with one attached hydrogen (secondary N) is 1. The number of hydrazone groups is 1. The van der Waals surface area contributed by atoms with Gasteiger partial charge in [-0.2, -0.15) is 5.10 Å². The summed E-state index contributed by atoms with van der Waals surface area (Å²) in [4.78, 5) is 21.8. The highest BCUT2D eigenvalue weighted by molar-refractivity contribution is 5.85. The van der Waals surface area contributed by atoms with E-state index in [1.807, 2.05) is 12.1 Å². The van der Waals surface area contributed by atoms with Gasteiger partial charge in [-0.05, 0) is 24.3 Å². The van der Waals surface area contributed by atoms with Gasteiger partial charge in [-0.3, -0.25) is 14.9 Å². The zero-order chi connectivity index (χ0) is 18.8. The monoisotopic (exact) mass is 355 g/mol. The number of amides is 1. The Labute approximate surface area is 149 Å². The molecule has 1 amide bonds. The maximum absolute atomic E-state index is 11.7. The molecule has 1 N–H and O–H groups in total. The van der Waals surface area contributed by atoms with E-state index in [2.05, 4.69) is 17.1 Å². The van der Waals surface area contributed by atoms with Crippen molar-refractivity contribution in [3.63, 3.8) is 0 Å². The number of rotatable bonds is 9. The molecule has 2 aromatic carbocycles. The van der Waals surface area contributed by atoms with Gasteiger partial charge in [0.1, 0.15) is 18.1 Å². The summed E-state index contributed by atoms with van der Waals surface area (Å²) < 4.78 is 10.7. The zero-order valence-corrected chi connectivity index (χ0v) is 13.8. The van der Waals surface area contributed by atoms with Gasteiger partial charge >= 0.3 is 0 Å². The number of nitro groups is 1. The number of carbonyl (C=O) groups is 1. The Morgan fingerprint density at radius 2 is 1.92 bits per heavy atom. The average molecular weight is 355 g/mol. The molecule has 2 rings (SSSR count). The molecular weight excluding hydrogens is 338 g/mol. The van der Waals surface area contributed by atoms with E-state index >= 15 is 0 Å². The second-order valence-electron chi connectivity index (χ2n) is 4.97. The third-order valence-electron chi connectivity index (χ3n) is 3.09. The number of non-ortho nitro benzene ring substituents is 1. The number of benzene rings is 2. The number of nitro benzene ring substituents is 1. The minimum Gasteiger partial charge on any atom is -0.489 e. The summed E-state index contributed by atoms with van der Waals surface area (Å²) in [6, 6.07) is 12.7. The molecule has 0 fully saturated rings. The summed E-state index contributed by atoms with van der Waals surface area (Å²) in [5, 5.41) is 14.4. The van der Waals surface area contributed by atoms with E-state index in [0.29, 0.717) is 23.7 Å². The first kappa shape index (κ1) is 18.7. The Kier molecular flexibility index (Phi) is 6.87. The number of ether oxygens (including phenoxy) is 2. The highest BCUT2D eigenvalue weighted by Gasteiger charge is 2.06. The molecule has 0 spiro atoms. The van der Waals surface area contributed by atoms with E-state index in [0.717, 1.165) is 0 Å². The fraction of sp³-hybridized carbons (Fsp3) is 0.111. The van der Waals surface area contributed by atoms with Crippen LogP contribution in [0.5, 0.6) is 11.5 Å². The molecule has 0 bridgehead atoms. The molecule has 0 aliphatic carbocycles. The van der Waals surface area contributed by atoms with Crippen LogP contribution in [-0.2, 0) is 4.79 Å². The van der Waals surface area contributed by atoms with Crippen LogP contribution >= 0.6 is 0 Å². The molecule has 0 aliphatic heterocycles. The first-order chi connectivity index (χ1) is 12.6. The van der Waals surface area contributed by atoms with Crippen LogP contribution in [0, 0.1) is 10.1 Å². The lowest BCUT2D eigenvalue weighted by Gasteiger charge is -2.06. The van der Waals surface area contributed by atoms with E-state index in [1.54, 1.807) is 18.2 Å². The molecule has 0 aliphatic rings. The van der Waals surface area contributed by atoms with Crippen LogP contribution in [0.2, 0.25) is 0 Å². The lowest BCUT2D eigenvalue weighted by molar-refractivity contribution is -0.384. The molecule has 0 unspecified atom stereocenters. The summed E-state index contributed by atoms with van der Waals surface area (Å²) in [6.45, 7) is 3.67. The fourth-order valence-electron chi connectivity index (χ4n) is 1.89. The summed E-state index contributed by atoms with van der Waals surface area (Å²) in [5.74, 6) is 0.495. The second-order valence-corrected chi connectivity index (χ2v) is 4.97. The molecule has 0 atom stereocenters. The van der Waals surface area contributed by atoms with Crippen molar-refractivity contribution in [2.45, 2.75) is 0 Å². The molecule has 8 nitrogen and oxygen atoms in total. The van der Waals surface area contributed by atoms with E-state index in [4.69, 9.17) is 9.47 Å². The van der Waals surface area contributed by atoms with E-state index in [9.17, 15) is 14.9 Å².